The van der Waals surface area contributed by atoms with Crippen molar-refractivity contribution in [1.29, 1.82) is 0 Å². The Balaban J connectivity index is 2.02. The van der Waals surface area contributed by atoms with E-state index >= 15 is 0 Å². The maximum atomic E-state index is 5.91. The van der Waals surface area contributed by atoms with Crippen LogP contribution >= 0.6 is 23.4 Å². The Morgan fingerprint density at radius 3 is 3.16 bits per heavy atom. The van der Waals surface area contributed by atoms with Crippen LogP contribution in [0, 0.1) is 6.92 Å². The van der Waals surface area contributed by atoms with Crippen molar-refractivity contribution in [3.63, 3.8) is 0 Å². The van der Waals surface area contributed by atoms with Gasteiger partial charge in [0.15, 0.2) is 5.65 Å². The van der Waals surface area contributed by atoms with Gasteiger partial charge >= 0.3 is 0 Å². The minimum absolute atomic E-state index is 0.611. The number of aromatic nitrogens is 3. The molecule has 1 aliphatic heterocycles. The lowest BCUT2D eigenvalue weighted by Crippen LogP contribution is -2.13. The summed E-state index contributed by atoms with van der Waals surface area (Å²) in [6, 6.07) is 2.02. The first-order chi connectivity index (χ1) is 9.29. The third-order valence-corrected chi connectivity index (χ3v) is 5.21. The summed E-state index contributed by atoms with van der Waals surface area (Å²) in [6.45, 7) is 3.11. The lowest BCUT2D eigenvalue weighted by molar-refractivity contribution is 0.623. The Bertz CT molecular complexity index is 575. The van der Waals surface area contributed by atoms with E-state index in [-0.39, 0.29) is 0 Å². The van der Waals surface area contributed by atoms with Gasteiger partial charge in [-0.05, 0) is 37.1 Å². The van der Waals surface area contributed by atoms with Crippen LogP contribution < -0.4 is 0 Å². The van der Waals surface area contributed by atoms with Gasteiger partial charge in [0, 0.05) is 30.3 Å². The number of nitrogens with zero attached hydrogens (tertiary/aromatic N) is 3. The lowest BCUT2D eigenvalue weighted by Gasteiger charge is -2.12. The Morgan fingerprint density at radius 2 is 2.42 bits per heavy atom. The summed E-state index contributed by atoms with van der Waals surface area (Å²) >= 11 is 7.98. The third kappa shape index (κ3) is 2.61. The van der Waals surface area contributed by atoms with E-state index in [1.807, 2.05) is 12.3 Å². The molecule has 1 unspecified atom stereocenters. The van der Waals surface area contributed by atoms with Gasteiger partial charge in [-0.15, -0.1) is 11.6 Å². The Kier molecular flexibility index (Phi) is 3.99. The molecule has 5 heteroatoms. The van der Waals surface area contributed by atoms with E-state index in [0.29, 0.717) is 11.1 Å². The molecule has 1 saturated heterocycles. The van der Waals surface area contributed by atoms with Gasteiger partial charge in [0.25, 0.3) is 0 Å². The molecule has 0 N–H and O–H groups in total. The van der Waals surface area contributed by atoms with Crippen molar-refractivity contribution in [3.05, 3.63) is 23.7 Å². The Hall–Kier alpha value is -0.740. The van der Waals surface area contributed by atoms with Gasteiger partial charge in [0.05, 0.1) is 0 Å². The van der Waals surface area contributed by atoms with Gasteiger partial charge in [-0.2, -0.15) is 11.8 Å². The molecule has 1 aliphatic rings. The average molecular weight is 296 g/mol. The highest BCUT2D eigenvalue weighted by atomic mass is 35.5. The van der Waals surface area contributed by atoms with Gasteiger partial charge in [0.2, 0.25) is 0 Å². The van der Waals surface area contributed by atoms with Crippen LogP contribution in [0.1, 0.15) is 24.2 Å². The number of aryl methyl sites for hydroxylation is 2. The van der Waals surface area contributed by atoms with Crippen LogP contribution in [0.2, 0.25) is 0 Å². The van der Waals surface area contributed by atoms with E-state index in [9.17, 15) is 0 Å². The predicted molar refractivity (Wildman–Crippen MR) is 82.2 cm³/mol. The van der Waals surface area contributed by atoms with E-state index in [4.69, 9.17) is 16.6 Å². The van der Waals surface area contributed by atoms with Gasteiger partial charge in [-0.25, -0.2) is 9.97 Å². The molecule has 0 bridgehead atoms. The highest BCUT2D eigenvalue weighted by molar-refractivity contribution is 8.00. The monoisotopic (exact) mass is 295 g/mol. The summed E-state index contributed by atoms with van der Waals surface area (Å²) < 4.78 is 2.29. The van der Waals surface area contributed by atoms with Crippen LogP contribution in [0.15, 0.2) is 12.3 Å². The standard InChI is InChI=1S/C14H18ClN3S/c1-10-5-7-16-14-13(10)17-12(4-6-15)18(14)9-11-3-2-8-19-11/h5,7,11H,2-4,6,8-9H2,1H3. The summed E-state index contributed by atoms with van der Waals surface area (Å²) in [7, 11) is 0. The summed E-state index contributed by atoms with van der Waals surface area (Å²) in [6.07, 6.45) is 5.33. The molecule has 2 aromatic heterocycles. The zero-order chi connectivity index (χ0) is 13.2. The maximum Gasteiger partial charge on any atom is 0.160 e. The molecule has 3 rings (SSSR count). The largest absolute Gasteiger partial charge is 0.312 e. The molecule has 0 spiro atoms. The number of pyridine rings is 1. The van der Waals surface area contributed by atoms with E-state index in [1.165, 1.54) is 24.2 Å². The zero-order valence-corrected chi connectivity index (χ0v) is 12.7. The smallest absolute Gasteiger partial charge is 0.160 e. The fourth-order valence-electron chi connectivity index (χ4n) is 2.64. The van der Waals surface area contributed by atoms with Crippen molar-refractivity contribution in [2.75, 3.05) is 11.6 Å². The van der Waals surface area contributed by atoms with Crippen molar-refractivity contribution >= 4 is 34.5 Å². The minimum Gasteiger partial charge on any atom is -0.312 e. The van der Waals surface area contributed by atoms with Crippen LogP contribution in [0.4, 0.5) is 0 Å². The second kappa shape index (κ2) is 5.71. The molecular formula is C14H18ClN3S. The van der Waals surface area contributed by atoms with Gasteiger partial charge < -0.3 is 4.57 Å². The van der Waals surface area contributed by atoms with E-state index < -0.39 is 0 Å². The van der Waals surface area contributed by atoms with E-state index in [2.05, 4.69) is 28.2 Å². The number of fused-ring (bicyclic) bond motifs is 1. The molecule has 3 heterocycles. The molecular weight excluding hydrogens is 278 g/mol. The molecule has 19 heavy (non-hydrogen) atoms. The fraction of sp³-hybridized carbons (Fsp3) is 0.571. The second-order valence-electron chi connectivity index (χ2n) is 5.01. The Morgan fingerprint density at radius 1 is 1.53 bits per heavy atom. The van der Waals surface area contributed by atoms with Crippen LogP contribution in [-0.2, 0) is 13.0 Å². The highest BCUT2D eigenvalue weighted by Crippen LogP contribution is 2.29. The number of rotatable bonds is 4. The maximum absolute atomic E-state index is 5.91. The molecule has 0 amide bonds. The van der Waals surface area contributed by atoms with Crippen molar-refractivity contribution in [3.8, 4) is 0 Å². The summed E-state index contributed by atoms with van der Waals surface area (Å²) in [5, 5.41) is 0.703. The van der Waals surface area contributed by atoms with Crippen molar-refractivity contribution in [2.45, 2.75) is 38.0 Å². The molecule has 1 fully saturated rings. The van der Waals surface area contributed by atoms with Crippen LogP contribution in [0.5, 0.6) is 0 Å². The second-order valence-corrected chi connectivity index (χ2v) is 6.80. The van der Waals surface area contributed by atoms with E-state index in [1.54, 1.807) is 0 Å². The number of hydrogen-bond donors (Lipinski definition) is 0. The molecule has 0 saturated carbocycles. The van der Waals surface area contributed by atoms with Crippen LogP contribution in [0.25, 0.3) is 11.2 Å². The highest BCUT2D eigenvalue weighted by Gasteiger charge is 2.20. The topological polar surface area (TPSA) is 30.7 Å². The van der Waals surface area contributed by atoms with Gasteiger partial charge in [-0.1, -0.05) is 0 Å². The van der Waals surface area contributed by atoms with Crippen molar-refractivity contribution in [1.82, 2.24) is 14.5 Å². The summed E-state index contributed by atoms with van der Waals surface area (Å²) in [5.74, 6) is 2.98. The normalized spacial score (nSPS) is 19.4. The first-order valence-corrected chi connectivity index (χ1v) is 8.36. The van der Waals surface area contributed by atoms with Gasteiger partial charge in [-0.3, -0.25) is 0 Å². The number of imidazole rings is 1. The quantitative estimate of drug-likeness (QED) is 0.810. The summed E-state index contributed by atoms with van der Waals surface area (Å²) in [4.78, 5) is 9.29. The van der Waals surface area contributed by atoms with E-state index in [0.717, 1.165) is 30.0 Å². The SMILES string of the molecule is Cc1ccnc2c1nc(CCCl)n2CC1CCCS1. The first kappa shape index (κ1) is 13.3. The third-order valence-electron chi connectivity index (χ3n) is 3.64. The summed E-state index contributed by atoms with van der Waals surface area (Å²) in [5.41, 5.74) is 3.25. The molecule has 3 nitrogen and oxygen atoms in total. The molecule has 102 valence electrons. The van der Waals surface area contributed by atoms with Crippen molar-refractivity contribution in [2.24, 2.45) is 0 Å². The zero-order valence-electron chi connectivity index (χ0n) is 11.1. The molecule has 0 aliphatic carbocycles. The number of thioether (sulfide) groups is 1. The van der Waals surface area contributed by atoms with Crippen LogP contribution in [0.3, 0.4) is 0 Å². The lowest BCUT2D eigenvalue weighted by atomic mass is 10.2. The minimum atomic E-state index is 0.611. The van der Waals surface area contributed by atoms with Crippen molar-refractivity contribution < 1.29 is 0 Å². The molecule has 0 radical (unpaired) electrons. The predicted octanol–water partition coefficient (Wildman–Crippen LogP) is 3.42. The number of alkyl halides is 1. The number of hydrogen-bond acceptors (Lipinski definition) is 3. The van der Waals surface area contributed by atoms with Crippen LogP contribution in [-0.4, -0.2) is 31.4 Å². The average Bonchev–Trinajstić information content (AvgIpc) is 3.01. The molecule has 0 aromatic carbocycles. The fourth-order valence-corrected chi connectivity index (χ4v) is 4.07. The first-order valence-electron chi connectivity index (χ1n) is 6.78. The number of halogens is 1. The molecule has 1 atom stereocenters. The molecule has 2 aromatic rings. The Labute approximate surface area is 122 Å². The van der Waals surface area contributed by atoms with Gasteiger partial charge in [0.1, 0.15) is 11.3 Å².